The van der Waals surface area contributed by atoms with Gasteiger partial charge in [0.2, 0.25) is 0 Å². The van der Waals surface area contributed by atoms with Crippen molar-refractivity contribution >= 4 is 29.0 Å². The first-order valence-corrected chi connectivity index (χ1v) is 6.99. The zero-order valence-electron chi connectivity index (χ0n) is 12.1. The maximum Gasteiger partial charge on any atom is 0.419 e. The smallest absolute Gasteiger partial charge is 0.321 e. The average molecular weight is 345 g/mol. The van der Waals surface area contributed by atoms with Gasteiger partial charge >= 0.3 is 6.18 Å². The molecule has 122 valence electrons. The lowest BCUT2D eigenvalue weighted by Gasteiger charge is -2.12. The highest BCUT2D eigenvalue weighted by molar-refractivity contribution is 6.33. The number of nitrogens with zero attached hydrogens (tertiary/aromatic N) is 1. The van der Waals surface area contributed by atoms with Crippen LogP contribution in [0.1, 0.15) is 5.56 Å². The highest BCUT2D eigenvalue weighted by Gasteiger charge is 2.32. The molecule has 0 aliphatic rings. The van der Waals surface area contributed by atoms with Crippen molar-refractivity contribution in [2.45, 2.75) is 6.18 Å². The van der Waals surface area contributed by atoms with Gasteiger partial charge < -0.3 is 5.32 Å². The molecule has 0 aliphatic heterocycles. The molecule has 4 nitrogen and oxygen atoms in total. The van der Waals surface area contributed by atoms with Gasteiger partial charge in [-0.2, -0.15) is 13.2 Å². The minimum atomic E-state index is -4.41. The highest BCUT2D eigenvalue weighted by Crippen LogP contribution is 2.28. The number of likely N-dealkylation sites (N-methyl/N-ethyl adjacent to an activating group) is 1. The first-order chi connectivity index (χ1) is 10.8. The second-order valence-corrected chi connectivity index (χ2v) is 5.25. The fraction of sp³-hybridized carbons (Fsp3) is 0.200. The fourth-order valence-electron chi connectivity index (χ4n) is 1.88. The Morgan fingerprint density at radius 2 is 1.96 bits per heavy atom. The second-order valence-electron chi connectivity index (χ2n) is 4.84. The Balaban J connectivity index is 2.00. The van der Waals surface area contributed by atoms with Crippen LogP contribution in [0.3, 0.4) is 0 Å². The van der Waals surface area contributed by atoms with Gasteiger partial charge in [-0.3, -0.25) is 9.69 Å². The number of para-hydroxylation sites is 1. The number of anilines is 2. The van der Waals surface area contributed by atoms with Crippen LogP contribution >= 0.6 is 11.6 Å². The zero-order valence-corrected chi connectivity index (χ0v) is 12.9. The summed E-state index contributed by atoms with van der Waals surface area (Å²) in [5, 5.41) is 3.05. The number of aromatic nitrogens is 1. The lowest BCUT2D eigenvalue weighted by atomic mass is 10.2. The molecule has 0 fully saturated rings. The van der Waals surface area contributed by atoms with E-state index in [1.165, 1.54) is 11.0 Å². The second kappa shape index (κ2) is 6.87. The number of hydrogen-bond donors (Lipinski definition) is 1. The van der Waals surface area contributed by atoms with Crippen LogP contribution in [0.15, 0.2) is 42.6 Å². The lowest BCUT2D eigenvalue weighted by Crippen LogP contribution is -2.33. The maximum absolute atomic E-state index is 12.5. The lowest BCUT2D eigenvalue weighted by molar-refractivity contribution is -0.367. The Bertz CT molecular complexity index is 689. The topological polar surface area (TPSA) is 46.5 Å². The van der Waals surface area contributed by atoms with Gasteiger partial charge in [-0.25, -0.2) is 4.98 Å². The molecule has 0 radical (unpaired) electrons. The summed E-state index contributed by atoms with van der Waals surface area (Å²) in [6.07, 6.45) is -3.55. The predicted octanol–water partition coefficient (Wildman–Crippen LogP) is 3.25. The third-order valence-corrected chi connectivity index (χ3v) is 3.39. The Hall–Kier alpha value is -2.28. The zero-order chi connectivity index (χ0) is 17.0. The summed E-state index contributed by atoms with van der Waals surface area (Å²) in [4.78, 5) is 16.0. The number of aromatic amines is 1. The normalized spacial score (nSPS) is 11.2. The molecule has 8 heteroatoms. The number of pyridine rings is 1. The summed E-state index contributed by atoms with van der Waals surface area (Å²) in [7, 11) is 1.59. The molecule has 1 amide bonds. The summed E-state index contributed by atoms with van der Waals surface area (Å²) < 4.78 is 37.5. The number of hydrogen-bond acceptors (Lipinski definition) is 2. The molecule has 0 spiro atoms. The van der Waals surface area contributed by atoms with Crippen LogP contribution in [0.4, 0.5) is 24.7 Å². The number of amides is 1. The minimum absolute atomic E-state index is 0.0485. The fourth-order valence-corrected chi connectivity index (χ4v) is 2.07. The molecule has 2 rings (SSSR count). The van der Waals surface area contributed by atoms with Gasteiger partial charge in [-0.1, -0.05) is 23.7 Å². The van der Waals surface area contributed by atoms with Crippen LogP contribution < -0.4 is 15.2 Å². The monoisotopic (exact) mass is 344 g/mol. The molecule has 2 aromatic rings. The largest absolute Gasteiger partial charge is 0.419 e. The van der Waals surface area contributed by atoms with Crippen LogP contribution in [-0.4, -0.2) is 19.5 Å². The molecule has 0 bridgehead atoms. The van der Waals surface area contributed by atoms with Crippen molar-refractivity contribution in [3.05, 3.63) is 53.2 Å². The first kappa shape index (κ1) is 17.1. The van der Waals surface area contributed by atoms with Gasteiger partial charge in [0.15, 0.2) is 6.54 Å². The molecule has 0 unspecified atom stereocenters. The van der Waals surface area contributed by atoms with E-state index in [9.17, 15) is 18.0 Å². The molecular formula is C15H14ClF3N3O+. The van der Waals surface area contributed by atoms with E-state index in [0.717, 1.165) is 12.3 Å². The Kier molecular flexibility index (Phi) is 5.10. The number of carbonyl (C=O) groups excluding carboxylic acids is 1. The van der Waals surface area contributed by atoms with Gasteiger partial charge in [0.05, 0.1) is 23.3 Å². The van der Waals surface area contributed by atoms with Gasteiger partial charge in [0.25, 0.3) is 11.7 Å². The molecule has 2 N–H and O–H groups in total. The van der Waals surface area contributed by atoms with E-state index in [2.05, 4.69) is 10.3 Å². The van der Waals surface area contributed by atoms with E-state index in [0.29, 0.717) is 16.5 Å². The summed E-state index contributed by atoms with van der Waals surface area (Å²) in [6.45, 7) is -0.0485. The number of benzene rings is 1. The number of alkyl halides is 3. The van der Waals surface area contributed by atoms with Crippen molar-refractivity contribution < 1.29 is 22.9 Å². The van der Waals surface area contributed by atoms with Crippen LogP contribution in [0.2, 0.25) is 5.02 Å². The third kappa shape index (κ3) is 4.59. The molecule has 1 aromatic carbocycles. The molecule has 0 aliphatic carbocycles. The van der Waals surface area contributed by atoms with Crippen LogP contribution in [0.25, 0.3) is 0 Å². The van der Waals surface area contributed by atoms with Crippen molar-refractivity contribution in [3.8, 4) is 0 Å². The third-order valence-electron chi connectivity index (χ3n) is 3.06. The molecule has 1 aromatic heterocycles. The quantitative estimate of drug-likeness (QED) is 0.925. The van der Waals surface area contributed by atoms with E-state index < -0.39 is 11.7 Å². The van der Waals surface area contributed by atoms with Crippen molar-refractivity contribution in [1.82, 2.24) is 0 Å². The van der Waals surface area contributed by atoms with Gasteiger partial charge in [0, 0.05) is 6.07 Å². The van der Waals surface area contributed by atoms with Crippen LogP contribution in [0.5, 0.6) is 0 Å². The Morgan fingerprint density at radius 1 is 1.26 bits per heavy atom. The maximum atomic E-state index is 12.5. The van der Waals surface area contributed by atoms with Gasteiger partial charge in [-0.05, 0) is 18.2 Å². The number of carbonyl (C=O) groups is 1. The van der Waals surface area contributed by atoms with Crippen molar-refractivity contribution in [2.24, 2.45) is 0 Å². The average Bonchev–Trinajstić information content (AvgIpc) is 2.49. The molecule has 23 heavy (non-hydrogen) atoms. The van der Waals surface area contributed by atoms with E-state index in [1.54, 1.807) is 31.3 Å². The van der Waals surface area contributed by atoms with Crippen molar-refractivity contribution in [1.29, 1.82) is 0 Å². The molecule has 0 saturated heterocycles. The minimum Gasteiger partial charge on any atom is -0.321 e. The van der Waals surface area contributed by atoms with Gasteiger partial charge in [0.1, 0.15) is 6.20 Å². The number of H-pyrrole nitrogens is 1. The van der Waals surface area contributed by atoms with Crippen LogP contribution in [-0.2, 0) is 11.0 Å². The molecule has 0 atom stereocenters. The van der Waals surface area contributed by atoms with E-state index in [4.69, 9.17) is 11.6 Å². The Morgan fingerprint density at radius 3 is 2.52 bits per heavy atom. The van der Waals surface area contributed by atoms with E-state index >= 15 is 0 Å². The molecule has 0 saturated carbocycles. The number of nitrogens with one attached hydrogen (secondary N) is 2. The summed E-state index contributed by atoms with van der Waals surface area (Å²) in [5.74, 6) is 0.0428. The predicted molar refractivity (Wildman–Crippen MR) is 81.4 cm³/mol. The SMILES string of the molecule is CN(CC(=O)Nc1ccccc1Cl)c1ccc(C(F)(F)F)c[nH+]1. The van der Waals surface area contributed by atoms with E-state index in [-0.39, 0.29) is 12.5 Å². The van der Waals surface area contributed by atoms with Crippen LogP contribution in [0, 0.1) is 0 Å². The van der Waals surface area contributed by atoms with E-state index in [1.807, 2.05) is 0 Å². The standard InChI is InChI=1S/C15H13ClF3N3O/c1-22(13-7-6-10(8-20-13)15(17,18)19)9-14(23)21-12-5-3-2-4-11(12)16/h2-8H,9H2,1H3,(H,21,23)/p+1. The van der Waals surface area contributed by atoms with Gasteiger partial charge in [-0.15, -0.1) is 0 Å². The first-order valence-electron chi connectivity index (χ1n) is 6.62. The summed E-state index contributed by atoms with van der Waals surface area (Å²) >= 11 is 5.94. The molecule has 1 heterocycles. The Labute approximate surface area is 135 Å². The number of rotatable bonds is 4. The van der Waals surface area contributed by atoms with Crippen molar-refractivity contribution in [3.63, 3.8) is 0 Å². The number of halogens is 4. The summed E-state index contributed by atoms with van der Waals surface area (Å²) in [5.41, 5.74) is -0.306. The summed E-state index contributed by atoms with van der Waals surface area (Å²) in [6, 6.07) is 8.99. The molecular weight excluding hydrogens is 331 g/mol. The van der Waals surface area contributed by atoms with Crippen molar-refractivity contribution in [2.75, 3.05) is 23.8 Å². The highest BCUT2D eigenvalue weighted by atomic mass is 35.5.